The summed E-state index contributed by atoms with van der Waals surface area (Å²) in [6, 6.07) is 8.65. The minimum atomic E-state index is -3.61. The number of hydrogen-bond donors (Lipinski definition) is 2. The van der Waals surface area contributed by atoms with Gasteiger partial charge in [0.05, 0.1) is 10.1 Å². The van der Waals surface area contributed by atoms with Crippen LogP contribution in [0.25, 0.3) is 0 Å². The first-order valence-corrected chi connectivity index (χ1v) is 10.5. The number of nitrogens with one attached hydrogen (secondary N) is 2. The second-order valence-corrected chi connectivity index (χ2v) is 9.22. The Morgan fingerprint density at radius 1 is 1.04 bits per heavy atom. The summed E-state index contributed by atoms with van der Waals surface area (Å²) in [4.78, 5) is 12.5. The number of amides is 1. The predicted octanol–water partition coefficient (Wildman–Crippen LogP) is 3.77. The van der Waals surface area contributed by atoms with E-state index in [-0.39, 0.29) is 21.7 Å². The summed E-state index contributed by atoms with van der Waals surface area (Å²) < 4.78 is 53.3. The fraction of sp³-hybridized carbons (Fsp3) is 0.278. The summed E-state index contributed by atoms with van der Waals surface area (Å²) in [7, 11) is -3.61. The molecular formula is C18H20F2N2O3S2. The lowest BCUT2D eigenvalue weighted by Gasteiger charge is -2.13. The Hall–Kier alpha value is -1.97. The molecule has 0 aromatic heterocycles. The van der Waals surface area contributed by atoms with Gasteiger partial charge in [-0.3, -0.25) is 4.79 Å². The van der Waals surface area contributed by atoms with E-state index in [0.29, 0.717) is 5.69 Å². The van der Waals surface area contributed by atoms with Crippen LogP contribution in [0.15, 0.2) is 52.3 Å². The summed E-state index contributed by atoms with van der Waals surface area (Å²) in [6.07, 6.45) is 0. The quantitative estimate of drug-likeness (QED) is 0.677. The molecule has 2 aromatic rings. The van der Waals surface area contributed by atoms with E-state index in [9.17, 15) is 22.0 Å². The number of hydrogen-bond acceptors (Lipinski definition) is 4. The molecule has 0 aliphatic heterocycles. The largest absolute Gasteiger partial charge is 0.325 e. The lowest BCUT2D eigenvalue weighted by molar-refractivity contribution is -0.115. The van der Waals surface area contributed by atoms with E-state index in [1.165, 1.54) is 30.3 Å². The van der Waals surface area contributed by atoms with Crippen molar-refractivity contribution in [3.05, 3.63) is 54.1 Å². The van der Waals surface area contributed by atoms with Crippen molar-refractivity contribution >= 4 is 33.4 Å². The number of benzene rings is 2. The number of anilines is 1. The fourth-order valence-electron chi connectivity index (χ4n) is 2.15. The van der Waals surface area contributed by atoms with Gasteiger partial charge in [-0.25, -0.2) is 21.9 Å². The molecule has 0 heterocycles. The van der Waals surface area contributed by atoms with Gasteiger partial charge < -0.3 is 5.32 Å². The van der Waals surface area contributed by atoms with E-state index >= 15 is 0 Å². The van der Waals surface area contributed by atoms with Crippen LogP contribution in [0.4, 0.5) is 14.5 Å². The summed E-state index contributed by atoms with van der Waals surface area (Å²) in [6.45, 7) is 5.03. The third kappa shape index (κ3) is 6.02. The molecule has 2 N–H and O–H groups in total. The Morgan fingerprint density at radius 2 is 1.67 bits per heavy atom. The first kappa shape index (κ1) is 21.3. The zero-order valence-corrected chi connectivity index (χ0v) is 16.6. The lowest BCUT2D eigenvalue weighted by Crippen LogP contribution is -2.30. The average Bonchev–Trinajstić information content (AvgIpc) is 2.56. The predicted molar refractivity (Wildman–Crippen MR) is 102 cm³/mol. The van der Waals surface area contributed by atoms with Gasteiger partial charge in [-0.2, -0.15) is 0 Å². The van der Waals surface area contributed by atoms with Crippen molar-refractivity contribution in [1.29, 1.82) is 0 Å². The highest BCUT2D eigenvalue weighted by Gasteiger charge is 2.18. The summed E-state index contributed by atoms with van der Waals surface area (Å²) in [5.74, 6) is -1.80. The molecule has 0 aliphatic carbocycles. The fourth-order valence-corrected chi connectivity index (χ4v) is 4.27. The summed E-state index contributed by atoms with van der Waals surface area (Å²) >= 11 is 0.961. The Morgan fingerprint density at radius 3 is 2.22 bits per heavy atom. The Bertz CT molecular complexity index is 917. The zero-order valence-electron chi connectivity index (χ0n) is 15.0. The van der Waals surface area contributed by atoms with Gasteiger partial charge in [-0.15, -0.1) is 11.8 Å². The second-order valence-electron chi connectivity index (χ2n) is 6.12. The molecule has 0 saturated heterocycles. The molecule has 2 aromatic carbocycles. The molecule has 9 heteroatoms. The third-order valence-electron chi connectivity index (χ3n) is 3.39. The maximum Gasteiger partial charge on any atom is 0.240 e. The highest BCUT2D eigenvalue weighted by atomic mass is 32.2. The molecule has 27 heavy (non-hydrogen) atoms. The SMILES string of the molecule is CC(C)NS(=O)(=O)c1ccc(NC(=O)[C@H](C)Sc2ccc(F)cc2F)cc1. The van der Waals surface area contributed by atoms with E-state index in [4.69, 9.17) is 0 Å². The molecule has 146 valence electrons. The average molecular weight is 414 g/mol. The van der Waals surface area contributed by atoms with Crippen LogP contribution in [0.1, 0.15) is 20.8 Å². The molecule has 0 saturated carbocycles. The van der Waals surface area contributed by atoms with E-state index in [1.54, 1.807) is 20.8 Å². The minimum absolute atomic E-state index is 0.0880. The van der Waals surface area contributed by atoms with Crippen molar-refractivity contribution in [3.63, 3.8) is 0 Å². The standard InChI is InChI=1S/C18H20F2N2O3S2/c1-11(2)22-27(24,25)15-7-5-14(6-8-15)21-18(23)12(3)26-17-9-4-13(19)10-16(17)20/h4-12,22H,1-3H3,(H,21,23)/t12-/m0/s1. The molecule has 0 unspecified atom stereocenters. The van der Waals surface area contributed by atoms with Crippen LogP contribution in [0, 0.1) is 11.6 Å². The monoisotopic (exact) mass is 414 g/mol. The summed E-state index contributed by atoms with van der Waals surface area (Å²) in [5, 5.41) is 2.00. The highest BCUT2D eigenvalue weighted by Crippen LogP contribution is 2.27. The molecule has 0 radical (unpaired) electrons. The Labute approximate surface area is 161 Å². The van der Waals surface area contributed by atoms with Gasteiger partial charge >= 0.3 is 0 Å². The summed E-state index contributed by atoms with van der Waals surface area (Å²) in [5.41, 5.74) is 0.413. The van der Waals surface area contributed by atoms with Crippen LogP contribution in [-0.2, 0) is 14.8 Å². The maximum atomic E-state index is 13.7. The number of carbonyl (C=O) groups is 1. The van der Waals surface area contributed by atoms with E-state index in [2.05, 4.69) is 10.0 Å². The van der Waals surface area contributed by atoms with Crippen molar-refractivity contribution in [2.75, 3.05) is 5.32 Å². The van der Waals surface area contributed by atoms with Crippen LogP contribution >= 0.6 is 11.8 Å². The Kier molecular flexibility index (Phi) is 6.96. The van der Waals surface area contributed by atoms with Crippen LogP contribution in [0.2, 0.25) is 0 Å². The second kappa shape index (κ2) is 8.81. The number of carbonyl (C=O) groups excluding carboxylic acids is 1. The molecule has 1 atom stereocenters. The first-order valence-electron chi connectivity index (χ1n) is 8.13. The normalized spacial score (nSPS) is 12.8. The number of thioether (sulfide) groups is 1. The molecule has 1 amide bonds. The maximum absolute atomic E-state index is 13.7. The van der Waals surface area contributed by atoms with Gasteiger partial charge in [0.1, 0.15) is 11.6 Å². The van der Waals surface area contributed by atoms with Crippen LogP contribution in [-0.4, -0.2) is 25.6 Å². The van der Waals surface area contributed by atoms with Gasteiger partial charge in [-0.1, -0.05) is 0 Å². The van der Waals surface area contributed by atoms with E-state index in [1.807, 2.05) is 0 Å². The van der Waals surface area contributed by atoms with Crippen molar-refractivity contribution in [2.24, 2.45) is 0 Å². The lowest BCUT2D eigenvalue weighted by atomic mass is 10.3. The van der Waals surface area contributed by atoms with E-state index < -0.39 is 26.9 Å². The first-order chi connectivity index (χ1) is 12.6. The molecule has 0 bridgehead atoms. The van der Waals surface area contributed by atoms with E-state index in [0.717, 1.165) is 23.9 Å². The van der Waals surface area contributed by atoms with Gasteiger partial charge in [0.2, 0.25) is 15.9 Å². The van der Waals surface area contributed by atoms with Gasteiger partial charge in [0.15, 0.2) is 0 Å². The smallest absolute Gasteiger partial charge is 0.240 e. The topological polar surface area (TPSA) is 75.3 Å². The zero-order chi connectivity index (χ0) is 20.2. The molecule has 0 spiro atoms. The highest BCUT2D eigenvalue weighted by molar-refractivity contribution is 8.00. The molecule has 0 aliphatic rings. The van der Waals surface area contributed by atoms with Crippen LogP contribution in [0.3, 0.4) is 0 Å². The van der Waals surface area contributed by atoms with Crippen LogP contribution < -0.4 is 10.0 Å². The van der Waals surface area contributed by atoms with Crippen LogP contribution in [0.5, 0.6) is 0 Å². The number of sulfonamides is 1. The van der Waals surface area contributed by atoms with Crippen molar-refractivity contribution in [2.45, 2.75) is 41.9 Å². The third-order valence-corrected chi connectivity index (χ3v) is 6.22. The van der Waals surface area contributed by atoms with Crippen molar-refractivity contribution < 1.29 is 22.0 Å². The van der Waals surface area contributed by atoms with Gasteiger partial charge in [-0.05, 0) is 57.2 Å². The van der Waals surface area contributed by atoms with Gasteiger partial charge in [0.25, 0.3) is 0 Å². The number of rotatable bonds is 7. The minimum Gasteiger partial charge on any atom is -0.325 e. The Balaban J connectivity index is 2.02. The molecule has 2 rings (SSSR count). The molecule has 5 nitrogen and oxygen atoms in total. The van der Waals surface area contributed by atoms with Gasteiger partial charge in [0, 0.05) is 22.7 Å². The molecular weight excluding hydrogens is 394 g/mol. The molecule has 0 fully saturated rings. The number of halogens is 2. The van der Waals surface area contributed by atoms with Crippen molar-refractivity contribution in [3.8, 4) is 0 Å². The van der Waals surface area contributed by atoms with Crippen molar-refractivity contribution in [1.82, 2.24) is 4.72 Å².